The summed E-state index contributed by atoms with van der Waals surface area (Å²) >= 11 is 0. The molecule has 0 rings (SSSR count). The first-order valence-electron chi connectivity index (χ1n) is 4.92. The topological polar surface area (TPSA) is 29.5 Å². The van der Waals surface area contributed by atoms with Crippen molar-refractivity contribution in [1.29, 1.82) is 0 Å². The van der Waals surface area contributed by atoms with E-state index in [4.69, 9.17) is 9.84 Å². The Hall–Kier alpha value is -0.500. The number of aliphatic hydroxyl groups is 1. The largest absolute Gasteiger partial charge is 0.496 e. The fourth-order valence-electron chi connectivity index (χ4n) is 0.902. The van der Waals surface area contributed by atoms with Crippen LogP contribution >= 0.6 is 0 Å². The Morgan fingerprint density at radius 2 is 2.00 bits per heavy atom. The Morgan fingerprint density at radius 1 is 1.38 bits per heavy atom. The average Bonchev–Trinajstić information content (AvgIpc) is 2.03. The Labute approximate surface area is 81.6 Å². The molecule has 0 saturated heterocycles. The predicted octanol–water partition coefficient (Wildman–Crippen LogP) is 2.73. The minimum Gasteiger partial charge on any atom is -0.496 e. The van der Waals surface area contributed by atoms with E-state index < -0.39 is 0 Å². The molecular formula is C11H22O2. The maximum absolute atomic E-state index is 8.59. The molecule has 0 bridgehead atoms. The van der Waals surface area contributed by atoms with Crippen LogP contribution in [0.15, 0.2) is 11.8 Å². The van der Waals surface area contributed by atoms with E-state index >= 15 is 0 Å². The molecule has 0 fully saturated rings. The Kier molecular flexibility index (Phi) is 5.80. The second-order valence-electron chi connectivity index (χ2n) is 4.36. The first-order chi connectivity index (χ1) is 5.99. The van der Waals surface area contributed by atoms with Crippen molar-refractivity contribution in [2.45, 2.75) is 40.5 Å². The molecule has 0 saturated carbocycles. The van der Waals surface area contributed by atoms with Crippen LogP contribution in [0.3, 0.4) is 0 Å². The average molecular weight is 186 g/mol. The molecule has 0 aliphatic carbocycles. The van der Waals surface area contributed by atoms with Crippen LogP contribution < -0.4 is 0 Å². The molecule has 0 spiro atoms. The molecule has 1 N–H and O–H groups in total. The van der Waals surface area contributed by atoms with Gasteiger partial charge in [-0.05, 0) is 17.9 Å². The number of allylic oxidation sites excluding steroid dienone is 2. The summed E-state index contributed by atoms with van der Waals surface area (Å²) in [6.07, 6.45) is 4.04. The van der Waals surface area contributed by atoms with Gasteiger partial charge in [0.15, 0.2) is 0 Å². The summed E-state index contributed by atoms with van der Waals surface area (Å²) in [5.74, 6) is 0.990. The van der Waals surface area contributed by atoms with Crippen molar-refractivity contribution in [3.05, 3.63) is 11.8 Å². The summed E-state index contributed by atoms with van der Waals surface area (Å²) in [5, 5.41) is 8.59. The normalized spacial score (nSPS) is 13.2. The zero-order valence-electron chi connectivity index (χ0n) is 9.26. The Bertz CT molecular complexity index is 154. The number of rotatable bonds is 5. The number of aliphatic hydroxyl groups excluding tert-OH is 1. The molecular weight excluding hydrogens is 164 g/mol. The highest BCUT2D eigenvalue weighted by Crippen LogP contribution is 2.20. The standard InChI is InChI=1S/C11H22O2/c1-5-10(13-9-8-12)6-7-11(2,3)4/h6,12H,5,7-9H2,1-4H3/b10-6+. The molecule has 0 radical (unpaired) electrons. The first-order valence-corrected chi connectivity index (χ1v) is 4.92. The molecule has 0 aliphatic heterocycles. The molecule has 0 heterocycles. The monoisotopic (exact) mass is 186 g/mol. The molecule has 78 valence electrons. The van der Waals surface area contributed by atoms with E-state index in [1.54, 1.807) is 0 Å². The molecule has 0 aromatic carbocycles. The van der Waals surface area contributed by atoms with E-state index in [1.165, 1.54) is 0 Å². The zero-order valence-corrected chi connectivity index (χ0v) is 9.26. The van der Waals surface area contributed by atoms with Crippen LogP contribution in [0.25, 0.3) is 0 Å². The van der Waals surface area contributed by atoms with Gasteiger partial charge in [-0.15, -0.1) is 0 Å². The second-order valence-corrected chi connectivity index (χ2v) is 4.36. The predicted molar refractivity (Wildman–Crippen MR) is 55.5 cm³/mol. The van der Waals surface area contributed by atoms with Gasteiger partial charge in [-0.25, -0.2) is 0 Å². The smallest absolute Gasteiger partial charge is 0.111 e. The van der Waals surface area contributed by atoms with Crippen LogP contribution in [-0.4, -0.2) is 18.3 Å². The van der Waals surface area contributed by atoms with Crippen molar-refractivity contribution in [2.24, 2.45) is 5.41 Å². The van der Waals surface area contributed by atoms with Crippen LogP contribution in [0.2, 0.25) is 0 Å². The molecule has 0 aromatic heterocycles. The quantitative estimate of drug-likeness (QED) is 0.669. The first kappa shape index (κ1) is 12.5. The van der Waals surface area contributed by atoms with Crippen molar-refractivity contribution in [3.63, 3.8) is 0 Å². The number of hydrogen-bond donors (Lipinski definition) is 1. The Morgan fingerprint density at radius 3 is 2.38 bits per heavy atom. The van der Waals surface area contributed by atoms with Crippen molar-refractivity contribution in [1.82, 2.24) is 0 Å². The molecule has 0 atom stereocenters. The van der Waals surface area contributed by atoms with Gasteiger partial charge in [0.25, 0.3) is 0 Å². The molecule has 0 amide bonds. The van der Waals surface area contributed by atoms with Gasteiger partial charge in [0.2, 0.25) is 0 Å². The summed E-state index contributed by atoms with van der Waals surface area (Å²) < 4.78 is 5.35. The van der Waals surface area contributed by atoms with Crippen molar-refractivity contribution >= 4 is 0 Å². The Balaban J connectivity index is 3.92. The molecule has 0 unspecified atom stereocenters. The molecule has 0 aliphatic rings. The van der Waals surface area contributed by atoms with Gasteiger partial charge in [0.1, 0.15) is 6.61 Å². The van der Waals surface area contributed by atoms with Gasteiger partial charge in [0.05, 0.1) is 12.4 Å². The van der Waals surface area contributed by atoms with Gasteiger partial charge in [0, 0.05) is 6.42 Å². The maximum Gasteiger partial charge on any atom is 0.111 e. The van der Waals surface area contributed by atoms with E-state index in [1.807, 2.05) is 0 Å². The minimum atomic E-state index is 0.0901. The van der Waals surface area contributed by atoms with Crippen LogP contribution in [0.4, 0.5) is 0 Å². The maximum atomic E-state index is 8.59. The highest BCUT2D eigenvalue weighted by atomic mass is 16.5. The van der Waals surface area contributed by atoms with E-state index in [9.17, 15) is 0 Å². The third-order valence-corrected chi connectivity index (χ3v) is 1.67. The van der Waals surface area contributed by atoms with Gasteiger partial charge in [-0.1, -0.05) is 27.7 Å². The van der Waals surface area contributed by atoms with Crippen LogP contribution in [0.5, 0.6) is 0 Å². The van der Waals surface area contributed by atoms with E-state index in [-0.39, 0.29) is 6.61 Å². The lowest BCUT2D eigenvalue weighted by Gasteiger charge is -2.16. The molecule has 2 nitrogen and oxygen atoms in total. The van der Waals surface area contributed by atoms with Gasteiger partial charge >= 0.3 is 0 Å². The summed E-state index contributed by atoms with van der Waals surface area (Å²) in [5.41, 5.74) is 0.309. The lowest BCUT2D eigenvalue weighted by molar-refractivity contribution is 0.139. The third kappa shape index (κ3) is 7.85. The summed E-state index contributed by atoms with van der Waals surface area (Å²) in [6.45, 7) is 9.15. The summed E-state index contributed by atoms with van der Waals surface area (Å²) in [4.78, 5) is 0. The SMILES string of the molecule is CC/C(=C\CC(C)(C)C)OCCO. The lowest BCUT2D eigenvalue weighted by Crippen LogP contribution is -2.04. The fraction of sp³-hybridized carbons (Fsp3) is 0.818. The van der Waals surface area contributed by atoms with Crippen LogP contribution in [-0.2, 0) is 4.74 Å². The number of ether oxygens (including phenoxy) is 1. The van der Waals surface area contributed by atoms with Gasteiger partial charge < -0.3 is 9.84 Å². The van der Waals surface area contributed by atoms with Gasteiger partial charge in [-0.3, -0.25) is 0 Å². The lowest BCUT2D eigenvalue weighted by atomic mass is 9.92. The summed E-state index contributed by atoms with van der Waals surface area (Å²) in [6, 6.07) is 0. The van der Waals surface area contributed by atoms with E-state index in [0.29, 0.717) is 12.0 Å². The van der Waals surface area contributed by atoms with Crippen molar-refractivity contribution in [3.8, 4) is 0 Å². The van der Waals surface area contributed by atoms with Crippen molar-refractivity contribution in [2.75, 3.05) is 13.2 Å². The third-order valence-electron chi connectivity index (χ3n) is 1.67. The fourth-order valence-corrected chi connectivity index (χ4v) is 0.902. The second kappa shape index (κ2) is 6.03. The zero-order chi connectivity index (χ0) is 10.3. The summed E-state index contributed by atoms with van der Waals surface area (Å²) in [7, 11) is 0. The van der Waals surface area contributed by atoms with Crippen LogP contribution in [0, 0.1) is 5.41 Å². The molecule has 13 heavy (non-hydrogen) atoms. The minimum absolute atomic E-state index is 0.0901. The van der Waals surface area contributed by atoms with Crippen molar-refractivity contribution < 1.29 is 9.84 Å². The van der Waals surface area contributed by atoms with Gasteiger partial charge in [-0.2, -0.15) is 0 Å². The van der Waals surface area contributed by atoms with E-state index in [2.05, 4.69) is 33.8 Å². The van der Waals surface area contributed by atoms with E-state index in [0.717, 1.165) is 18.6 Å². The van der Waals surface area contributed by atoms with Crippen LogP contribution in [0.1, 0.15) is 40.5 Å². The highest BCUT2D eigenvalue weighted by Gasteiger charge is 2.08. The highest BCUT2D eigenvalue weighted by molar-refractivity contribution is 4.94. The molecule has 0 aromatic rings. The number of hydrogen-bond acceptors (Lipinski definition) is 2. The molecule has 2 heteroatoms.